The topological polar surface area (TPSA) is 149 Å². The Kier molecular flexibility index (Phi) is 7.22. The number of nitrogens with one attached hydrogen (secondary N) is 2. The van der Waals surface area contributed by atoms with Gasteiger partial charge in [0.1, 0.15) is 0 Å². The maximum atomic E-state index is 11.7. The molecule has 22 heavy (non-hydrogen) atoms. The minimum atomic E-state index is -1.06. The van der Waals surface area contributed by atoms with Crippen molar-refractivity contribution in [1.82, 2.24) is 11.3 Å². The highest BCUT2D eigenvalue weighted by atomic mass is 16.9. The zero-order valence-corrected chi connectivity index (χ0v) is 11.7. The normalized spacial score (nSPS) is 23.5. The zero-order valence-electron chi connectivity index (χ0n) is 11.7. The first-order valence-corrected chi connectivity index (χ1v) is 6.36. The third kappa shape index (κ3) is 6.97. The van der Waals surface area contributed by atoms with E-state index in [0.717, 1.165) is 0 Å². The van der Waals surface area contributed by atoms with E-state index in [0.29, 0.717) is 0 Å². The predicted molar refractivity (Wildman–Crippen MR) is 64.3 cm³/mol. The van der Waals surface area contributed by atoms with Crippen molar-refractivity contribution in [2.75, 3.05) is 0 Å². The molecule has 0 spiro atoms. The van der Waals surface area contributed by atoms with Gasteiger partial charge in [-0.05, 0) is 13.3 Å². The van der Waals surface area contributed by atoms with Gasteiger partial charge in [0.2, 0.25) is 0 Å². The number of carbonyl (C=O) groups is 4. The Morgan fingerprint density at radius 3 is 2.05 bits per heavy atom. The first-order chi connectivity index (χ1) is 10.4. The lowest BCUT2D eigenvalue weighted by atomic mass is 9.99. The van der Waals surface area contributed by atoms with Crippen molar-refractivity contribution in [2.45, 2.75) is 38.7 Å². The summed E-state index contributed by atoms with van der Waals surface area (Å²) in [6.45, 7) is 1.41. The number of hydrogen-bond donors (Lipinski definition) is 3. The molecule has 2 atom stereocenters. The second kappa shape index (κ2) is 8.92. The largest absolute Gasteiger partial charge is 0.393 e. The van der Waals surface area contributed by atoms with Crippen LogP contribution in [-0.2, 0) is 38.5 Å². The molecule has 0 amide bonds. The fourth-order valence-electron chi connectivity index (χ4n) is 1.53. The first kappa shape index (κ1) is 17.8. The highest BCUT2D eigenvalue weighted by Gasteiger charge is 2.27. The molecule has 1 aliphatic rings. The average molecular weight is 320 g/mol. The van der Waals surface area contributed by atoms with Gasteiger partial charge >= 0.3 is 23.9 Å². The summed E-state index contributed by atoms with van der Waals surface area (Å²) in [5, 5.41) is 9.31. The molecule has 1 heterocycles. The Hall–Kier alpha value is -2.24. The third-order valence-corrected chi connectivity index (χ3v) is 2.51. The van der Waals surface area contributed by atoms with Gasteiger partial charge in [-0.25, -0.2) is 4.79 Å². The maximum Gasteiger partial charge on any atom is 0.332 e. The van der Waals surface area contributed by atoms with Gasteiger partial charge in [-0.2, -0.15) is 0 Å². The zero-order chi connectivity index (χ0) is 16.5. The third-order valence-electron chi connectivity index (χ3n) is 2.51. The van der Waals surface area contributed by atoms with Crippen LogP contribution in [0.15, 0.2) is 0 Å². The Balaban J connectivity index is 2.69. The van der Waals surface area contributed by atoms with Crippen LogP contribution in [0, 0.1) is 5.92 Å². The Morgan fingerprint density at radius 2 is 1.50 bits per heavy atom. The van der Waals surface area contributed by atoms with Crippen molar-refractivity contribution in [1.29, 1.82) is 0 Å². The van der Waals surface area contributed by atoms with Gasteiger partial charge in [-0.15, -0.1) is 0 Å². The molecule has 1 rings (SSSR count). The fourth-order valence-corrected chi connectivity index (χ4v) is 1.53. The molecule has 3 N–H and O–H groups in total. The van der Waals surface area contributed by atoms with Gasteiger partial charge in [0, 0.05) is 11.3 Å². The molecular weight excluding hydrogens is 304 g/mol. The standard InChI is InChI=1S/C11H16N2O9/c1-6(14)4-7-5-10(17)21-12-19-8(15)2-3-9(16)20-13-22-11(7)18/h6-7,12-14H,2-5H2,1H3. The molecule has 0 aromatic carbocycles. The van der Waals surface area contributed by atoms with Gasteiger partial charge in [-0.3, -0.25) is 14.4 Å². The van der Waals surface area contributed by atoms with E-state index in [9.17, 15) is 24.3 Å². The van der Waals surface area contributed by atoms with Crippen molar-refractivity contribution in [3.05, 3.63) is 0 Å². The molecule has 0 aromatic rings. The average Bonchev–Trinajstić information content (AvgIpc) is 2.43. The number of aliphatic hydroxyl groups is 1. The lowest BCUT2D eigenvalue weighted by molar-refractivity contribution is -0.210. The minimum Gasteiger partial charge on any atom is -0.393 e. The molecule has 0 radical (unpaired) electrons. The Bertz CT molecular complexity index is 437. The van der Waals surface area contributed by atoms with E-state index in [2.05, 4.69) is 19.4 Å². The van der Waals surface area contributed by atoms with E-state index >= 15 is 0 Å². The van der Waals surface area contributed by atoms with Crippen molar-refractivity contribution >= 4 is 23.9 Å². The second-order valence-electron chi connectivity index (χ2n) is 4.50. The van der Waals surface area contributed by atoms with Crippen LogP contribution >= 0.6 is 0 Å². The summed E-state index contributed by atoms with van der Waals surface area (Å²) < 4.78 is 0. The summed E-state index contributed by atoms with van der Waals surface area (Å²) in [5.74, 6) is -4.63. The lowest BCUT2D eigenvalue weighted by Crippen LogP contribution is -2.33. The molecule has 11 nitrogen and oxygen atoms in total. The van der Waals surface area contributed by atoms with Gasteiger partial charge in [0.05, 0.1) is 31.3 Å². The second-order valence-corrected chi connectivity index (χ2v) is 4.50. The summed E-state index contributed by atoms with van der Waals surface area (Å²) in [6.07, 6.45) is -2.13. The van der Waals surface area contributed by atoms with E-state index in [1.165, 1.54) is 6.92 Å². The van der Waals surface area contributed by atoms with Gasteiger partial charge in [-0.1, -0.05) is 0 Å². The molecule has 0 aromatic heterocycles. The van der Waals surface area contributed by atoms with E-state index in [4.69, 9.17) is 0 Å². The molecule has 1 saturated heterocycles. The summed E-state index contributed by atoms with van der Waals surface area (Å²) in [7, 11) is 0. The molecule has 0 saturated carbocycles. The minimum absolute atomic E-state index is 0.0939. The van der Waals surface area contributed by atoms with Crippen LogP contribution < -0.4 is 11.3 Å². The number of hydrogen-bond acceptors (Lipinski definition) is 11. The summed E-state index contributed by atoms with van der Waals surface area (Å²) >= 11 is 0. The van der Waals surface area contributed by atoms with Crippen molar-refractivity contribution in [3.63, 3.8) is 0 Å². The smallest absolute Gasteiger partial charge is 0.332 e. The Morgan fingerprint density at radius 1 is 1.00 bits per heavy atom. The molecule has 11 heteroatoms. The molecule has 124 valence electrons. The van der Waals surface area contributed by atoms with Crippen LogP contribution in [0.4, 0.5) is 0 Å². The number of rotatable bonds is 2. The van der Waals surface area contributed by atoms with Crippen LogP contribution in [0.5, 0.6) is 0 Å². The van der Waals surface area contributed by atoms with Gasteiger partial charge in [0.15, 0.2) is 0 Å². The summed E-state index contributed by atoms with van der Waals surface area (Å²) in [4.78, 5) is 63.0. The Labute approximate surface area is 124 Å². The number of aliphatic hydroxyl groups excluding tert-OH is 1. The lowest BCUT2D eigenvalue weighted by Gasteiger charge is -2.16. The van der Waals surface area contributed by atoms with Gasteiger partial charge in [0.25, 0.3) is 0 Å². The fraction of sp³-hybridized carbons (Fsp3) is 0.636. The van der Waals surface area contributed by atoms with Crippen LogP contribution in [0.1, 0.15) is 32.6 Å². The summed E-state index contributed by atoms with van der Waals surface area (Å²) in [6, 6.07) is 0. The molecule has 1 fully saturated rings. The molecular formula is C11H16N2O9. The summed E-state index contributed by atoms with van der Waals surface area (Å²) in [5.41, 5.74) is 3.33. The van der Waals surface area contributed by atoms with Crippen molar-refractivity contribution in [3.8, 4) is 0 Å². The van der Waals surface area contributed by atoms with Crippen LogP contribution in [0.3, 0.4) is 0 Å². The van der Waals surface area contributed by atoms with E-state index < -0.39 is 42.3 Å². The van der Waals surface area contributed by atoms with E-state index in [1.54, 1.807) is 11.3 Å². The molecule has 2 unspecified atom stereocenters. The maximum absolute atomic E-state index is 11.7. The SMILES string of the molecule is CC(O)CC1CC(=O)ONOC(=O)CCC(=O)ONOC1=O. The highest BCUT2D eigenvalue weighted by Crippen LogP contribution is 2.14. The van der Waals surface area contributed by atoms with Crippen LogP contribution in [0.25, 0.3) is 0 Å². The number of carbonyl (C=O) groups excluding carboxylic acids is 4. The van der Waals surface area contributed by atoms with Gasteiger partial charge < -0.3 is 24.5 Å². The molecule has 1 aliphatic heterocycles. The first-order valence-electron chi connectivity index (χ1n) is 6.36. The van der Waals surface area contributed by atoms with E-state index in [-0.39, 0.29) is 19.3 Å². The molecule has 0 bridgehead atoms. The van der Waals surface area contributed by atoms with Crippen LogP contribution in [-0.4, -0.2) is 35.1 Å². The monoisotopic (exact) mass is 320 g/mol. The molecule has 0 aliphatic carbocycles. The van der Waals surface area contributed by atoms with Crippen LogP contribution in [0.2, 0.25) is 0 Å². The van der Waals surface area contributed by atoms with Crippen molar-refractivity contribution < 1.29 is 43.6 Å². The van der Waals surface area contributed by atoms with Crippen molar-refractivity contribution in [2.24, 2.45) is 5.92 Å². The quantitative estimate of drug-likeness (QED) is 0.549. The predicted octanol–water partition coefficient (Wildman–Crippen LogP) is -1.43. The highest BCUT2D eigenvalue weighted by molar-refractivity contribution is 5.80. The van der Waals surface area contributed by atoms with E-state index in [1.807, 2.05) is 0 Å².